The Hall–Kier alpha value is -1.63. The number of aromatic nitrogens is 2. The number of aryl methyl sites for hydroxylation is 1. The average Bonchev–Trinajstić information content (AvgIpc) is 3.10. The van der Waals surface area contributed by atoms with Crippen molar-refractivity contribution >= 4 is 11.9 Å². The summed E-state index contributed by atoms with van der Waals surface area (Å²) >= 11 is 0. The van der Waals surface area contributed by atoms with Crippen LogP contribution in [0.3, 0.4) is 0 Å². The Kier molecular flexibility index (Phi) is 5.71. The van der Waals surface area contributed by atoms with Crippen LogP contribution in [0.1, 0.15) is 44.4 Å². The molecule has 1 atom stereocenters. The Balaban J connectivity index is 1.48. The first-order valence-electron chi connectivity index (χ1n) is 9.03. The van der Waals surface area contributed by atoms with E-state index >= 15 is 0 Å². The van der Waals surface area contributed by atoms with Crippen molar-refractivity contribution in [2.45, 2.75) is 51.0 Å². The minimum absolute atomic E-state index is 0.156. The highest BCUT2D eigenvalue weighted by Gasteiger charge is 2.31. The quantitative estimate of drug-likeness (QED) is 0.817. The molecule has 1 aromatic rings. The summed E-state index contributed by atoms with van der Waals surface area (Å²) in [7, 11) is 3.72. The summed E-state index contributed by atoms with van der Waals surface area (Å²) < 4.78 is 11.1. The number of hydrogen-bond acceptors (Lipinski definition) is 6. The van der Waals surface area contributed by atoms with Crippen LogP contribution in [0, 0.1) is 5.92 Å². The summed E-state index contributed by atoms with van der Waals surface area (Å²) in [5, 5.41) is 3.87. The van der Waals surface area contributed by atoms with Gasteiger partial charge in [0.2, 0.25) is 11.8 Å². The highest BCUT2D eigenvalue weighted by Crippen LogP contribution is 2.29. The third-order valence-corrected chi connectivity index (χ3v) is 5.03. The van der Waals surface area contributed by atoms with E-state index in [9.17, 15) is 4.79 Å². The Morgan fingerprint density at radius 1 is 1.29 bits per heavy atom. The first-order chi connectivity index (χ1) is 11.6. The summed E-state index contributed by atoms with van der Waals surface area (Å²) in [6, 6.07) is 0. The highest BCUT2D eigenvalue weighted by molar-refractivity contribution is 5.76. The van der Waals surface area contributed by atoms with Crippen LogP contribution < -0.4 is 4.90 Å². The molecule has 1 saturated carbocycles. The van der Waals surface area contributed by atoms with Gasteiger partial charge in [0.05, 0.1) is 12.7 Å². The van der Waals surface area contributed by atoms with Gasteiger partial charge in [-0.25, -0.2) is 0 Å². The number of amides is 1. The predicted molar refractivity (Wildman–Crippen MR) is 89.8 cm³/mol. The molecule has 0 aromatic carbocycles. The van der Waals surface area contributed by atoms with Crippen molar-refractivity contribution in [1.29, 1.82) is 0 Å². The molecule has 2 aliphatic rings. The maximum absolute atomic E-state index is 12.5. The maximum atomic E-state index is 12.5. The smallest absolute Gasteiger partial charge is 0.265 e. The van der Waals surface area contributed by atoms with Crippen molar-refractivity contribution in [3.8, 4) is 0 Å². The molecular formula is C17H28N4O3. The molecule has 1 aliphatic carbocycles. The average molecular weight is 336 g/mol. The van der Waals surface area contributed by atoms with E-state index in [1.54, 1.807) is 4.90 Å². The Morgan fingerprint density at radius 2 is 2.08 bits per heavy atom. The number of morpholine rings is 1. The molecule has 1 aliphatic heterocycles. The first-order valence-corrected chi connectivity index (χ1v) is 9.03. The van der Waals surface area contributed by atoms with Gasteiger partial charge in [-0.2, -0.15) is 4.98 Å². The SMILES string of the molecule is CN(C)c1noc(CCC(=O)N2CCOC(C3CCCCC3)C2)n1. The standard InChI is InChI=1S/C17H28N4O3/c1-20(2)17-18-15(24-19-17)8-9-16(22)21-10-11-23-14(12-21)13-6-4-3-5-7-13/h13-14H,3-12H2,1-2H3. The lowest BCUT2D eigenvalue weighted by Gasteiger charge is -2.38. The monoisotopic (exact) mass is 336 g/mol. The van der Waals surface area contributed by atoms with E-state index in [-0.39, 0.29) is 12.0 Å². The maximum Gasteiger partial charge on any atom is 0.265 e. The number of carbonyl (C=O) groups excluding carboxylic acids is 1. The molecule has 2 fully saturated rings. The van der Waals surface area contributed by atoms with E-state index in [0.29, 0.717) is 43.8 Å². The van der Waals surface area contributed by atoms with Gasteiger partial charge in [0, 0.05) is 40.0 Å². The van der Waals surface area contributed by atoms with Gasteiger partial charge >= 0.3 is 0 Å². The van der Waals surface area contributed by atoms with E-state index in [4.69, 9.17) is 9.26 Å². The third-order valence-electron chi connectivity index (χ3n) is 5.03. The molecule has 134 valence electrons. The molecule has 7 heteroatoms. The number of ether oxygens (including phenoxy) is 1. The van der Waals surface area contributed by atoms with Crippen LogP contribution in [0.4, 0.5) is 5.95 Å². The Bertz CT molecular complexity index is 540. The molecule has 1 saturated heterocycles. The van der Waals surface area contributed by atoms with Crippen LogP contribution in [0.15, 0.2) is 4.52 Å². The zero-order chi connectivity index (χ0) is 16.9. The van der Waals surface area contributed by atoms with Gasteiger partial charge in [-0.15, -0.1) is 0 Å². The Labute approximate surface area is 143 Å². The second kappa shape index (κ2) is 7.96. The minimum Gasteiger partial charge on any atom is -0.374 e. The van der Waals surface area contributed by atoms with Crippen LogP contribution in [-0.2, 0) is 16.0 Å². The zero-order valence-corrected chi connectivity index (χ0v) is 14.7. The second-order valence-electron chi connectivity index (χ2n) is 7.03. The van der Waals surface area contributed by atoms with E-state index in [1.807, 2.05) is 19.0 Å². The van der Waals surface area contributed by atoms with Gasteiger partial charge in [-0.05, 0) is 23.9 Å². The molecule has 0 spiro atoms. The summed E-state index contributed by atoms with van der Waals surface area (Å²) in [5.74, 6) is 1.84. The summed E-state index contributed by atoms with van der Waals surface area (Å²) in [6.07, 6.45) is 7.52. The van der Waals surface area contributed by atoms with Crippen molar-refractivity contribution in [1.82, 2.24) is 15.0 Å². The normalized spacial score (nSPS) is 22.6. The van der Waals surface area contributed by atoms with Gasteiger partial charge in [-0.1, -0.05) is 19.3 Å². The summed E-state index contributed by atoms with van der Waals surface area (Å²) in [4.78, 5) is 20.5. The number of rotatable bonds is 5. The van der Waals surface area contributed by atoms with Crippen LogP contribution in [0.25, 0.3) is 0 Å². The molecule has 1 unspecified atom stereocenters. The number of anilines is 1. The van der Waals surface area contributed by atoms with Crippen LogP contribution >= 0.6 is 0 Å². The Morgan fingerprint density at radius 3 is 2.79 bits per heavy atom. The lowest BCUT2D eigenvalue weighted by atomic mass is 9.84. The highest BCUT2D eigenvalue weighted by atomic mass is 16.5. The molecule has 0 radical (unpaired) electrons. The molecule has 7 nitrogen and oxygen atoms in total. The molecule has 2 heterocycles. The summed E-state index contributed by atoms with van der Waals surface area (Å²) in [6.45, 7) is 2.07. The van der Waals surface area contributed by atoms with Gasteiger partial charge < -0.3 is 19.1 Å². The van der Waals surface area contributed by atoms with Crippen LogP contribution in [-0.4, -0.2) is 60.8 Å². The molecule has 3 rings (SSSR count). The number of nitrogens with zero attached hydrogens (tertiary/aromatic N) is 4. The van der Waals surface area contributed by atoms with Crippen molar-refractivity contribution in [3.05, 3.63) is 5.89 Å². The molecule has 1 aromatic heterocycles. The van der Waals surface area contributed by atoms with E-state index in [0.717, 1.165) is 6.54 Å². The van der Waals surface area contributed by atoms with Crippen molar-refractivity contribution in [3.63, 3.8) is 0 Å². The second-order valence-corrected chi connectivity index (χ2v) is 7.03. The van der Waals surface area contributed by atoms with E-state index in [2.05, 4.69) is 10.1 Å². The van der Waals surface area contributed by atoms with Crippen LogP contribution in [0.2, 0.25) is 0 Å². The van der Waals surface area contributed by atoms with Crippen molar-refractivity contribution < 1.29 is 14.1 Å². The first kappa shape index (κ1) is 17.2. The topological polar surface area (TPSA) is 71.7 Å². The molecule has 24 heavy (non-hydrogen) atoms. The third kappa shape index (κ3) is 4.26. The predicted octanol–water partition coefficient (Wildman–Crippen LogP) is 1.88. The lowest BCUT2D eigenvalue weighted by Crippen LogP contribution is -2.48. The fraction of sp³-hybridized carbons (Fsp3) is 0.824. The van der Waals surface area contributed by atoms with Gasteiger partial charge in [-0.3, -0.25) is 4.79 Å². The van der Waals surface area contributed by atoms with E-state index < -0.39 is 0 Å². The molecular weight excluding hydrogens is 308 g/mol. The largest absolute Gasteiger partial charge is 0.374 e. The van der Waals surface area contributed by atoms with Gasteiger partial charge in [0.1, 0.15) is 0 Å². The minimum atomic E-state index is 0.156. The van der Waals surface area contributed by atoms with Gasteiger partial charge in [0.15, 0.2) is 0 Å². The van der Waals surface area contributed by atoms with E-state index in [1.165, 1.54) is 32.1 Å². The van der Waals surface area contributed by atoms with Crippen molar-refractivity contribution in [2.24, 2.45) is 5.92 Å². The molecule has 1 amide bonds. The molecule has 0 N–H and O–H groups in total. The van der Waals surface area contributed by atoms with Gasteiger partial charge in [0.25, 0.3) is 5.95 Å². The number of hydrogen-bond donors (Lipinski definition) is 0. The van der Waals surface area contributed by atoms with Crippen LogP contribution in [0.5, 0.6) is 0 Å². The summed E-state index contributed by atoms with van der Waals surface area (Å²) in [5.41, 5.74) is 0. The molecule has 0 bridgehead atoms. The lowest BCUT2D eigenvalue weighted by molar-refractivity contribution is -0.141. The fourth-order valence-electron chi connectivity index (χ4n) is 3.59. The zero-order valence-electron chi connectivity index (χ0n) is 14.7. The fourth-order valence-corrected chi connectivity index (χ4v) is 3.59. The van der Waals surface area contributed by atoms with Crippen molar-refractivity contribution in [2.75, 3.05) is 38.7 Å². The number of carbonyl (C=O) groups is 1.